The zero-order valence-electron chi connectivity index (χ0n) is 17.7. The number of rotatable bonds is 9. The number of hydrogen-bond donors (Lipinski definition) is 1. The predicted molar refractivity (Wildman–Crippen MR) is 114 cm³/mol. The molecule has 0 aromatic heterocycles. The number of nitrogens with zero attached hydrogens (tertiary/aromatic N) is 1. The van der Waals surface area contributed by atoms with Crippen molar-refractivity contribution in [3.63, 3.8) is 0 Å². The van der Waals surface area contributed by atoms with Gasteiger partial charge in [-0.15, -0.1) is 0 Å². The first-order valence-electron chi connectivity index (χ1n) is 10.2. The molecule has 156 valence electrons. The van der Waals surface area contributed by atoms with Gasteiger partial charge >= 0.3 is 0 Å². The summed E-state index contributed by atoms with van der Waals surface area (Å²) in [5, 5.41) is 2.87. The van der Waals surface area contributed by atoms with Crippen molar-refractivity contribution >= 4 is 11.8 Å². The van der Waals surface area contributed by atoms with E-state index in [4.69, 9.17) is 0 Å². The minimum atomic E-state index is -0.613. The summed E-state index contributed by atoms with van der Waals surface area (Å²) >= 11 is 0. The molecular formula is C24H31FN2O2. The van der Waals surface area contributed by atoms with Crippen molar-refractivity contribution < 1.29 is 14.0 Å². The molecule has 0 bridgehead atoms. The van der Waals surface area contributed by atoms with E-state index in [0.717, 1.165) is 17.5 Å². The van der Waals surface area contributed by atoms with E-state index in [1.807, 2.05) is 26.0 Å². The highest BCUT2D eigenvalue weighted by atomic mass is 19.1. The monoisotopic (exact) mass is 398 g/mol. The van der Waals surface area contributed by atoms with E-state index in [0.29, 0.717) is 12.8 Å². The number of hydrogen-bond acceptors (Lipinski definition) is 2. The van der Waals surface area contributed by atoms with Crippen LogP contribution in [0.25, 0.3) is 0 Å². The second kappa shape index (κ2) is 10.7. The molecule has 0 saturated carbocycles. The lowest BCUT2D eigenvalue weighted by Gasteiger charge is -2.29. The van der Waals surface area contributed by atoms with E-state index >= 15 is 0 Å². The van der Waals surface area contributed by atoms with Crippen LogP contribution in [0, 0.1) is 5.82 Å². The molecule has 2 aromatic rings. The minimum absolute atomic E-state index is 0.00944. The van der Waals surface area contributed by atoms with Gasteiger partial charge in [0.05, 0.1) is 0 Å². The molecule has 2 rings (SSSR count). The fourth-order valence-corrected chi connectivity index (χ4v) is 3.11. The van der Waals surface area contributed by atoms with Crippen molar-refractivity contribution in [1.29, 1.82) is 0 Å². The van der Waals surface area contributed by atoms with Crippen molar-refractivity contribution in [3.8, 4) is 0 Å². The molecule has 5 heteroatoms. The van der Waals surface area contributed by atoms with Crippen LogP contribution in [0.1, 0.15) is 50.8 Å². The summed E-state index contributed by atoms with van der Waals surface area (Å²) in [6.07, 6.45) is 1.90. The Kier molecular flexibility index (Phi) is 8.37. The summed E-state index contributed by atoms with van der Waals surface area (Å²) in [4.78, 5) is 27.1. The van der Waals surface area contributed by atoms with Crippen LogP contribution < -0.4 is 5.32 Å². The smallest absolute Gasteiger partial charge is 0.242 e. The molecule has 29 heavy (non-hydrogen) atoms. The number of nitrogens with one attached hydrogen (secondary N) is 1. The van der Waals surface area contributed by atoms with Crippen LogP contribution in [0.15, 0.2) is 48.5 Å². The standard InChI is InChI=1S/C24H31FN2O2/c1-5-19-6-8-20(9-7-19)12-15-23(28)27(18(4)24(29)26-17(2)3)16-21-10-13-22(25)14-11-21/h6-11,13-14,17-18H,5,12,15-16H2,1-4H3,(H,26,29)/t18-/m0/s1. The van der Waals surface area contributed by atoms with Crippen molar-refractivity contribution in [2.45, 2.75) is 65.6 Å². The molecular weight excluding hydrogens is 367 g/mol. The third-order valence-electron chi connectivity index (χ3n) is 4.92. The van der Waals surface area contributed by atoms with E-state index in [1.54, 1.807) is 24.0 Å². The van der Waals surface area contributed by atoms with Crippen LogP contribution in [-0.4, -0.2) is 28.8 Å². The highest BCUT2D eigenvalue weighted by Gasteiger charge is 2.26. The number of amides is 2. The van der Waals surface area contributed by atoms with Gasteiger partial charge in [0.1, 0.15) is 11.9 Å². The maximum atomic E-state index is 13.2. The van der Waals surface area contributed by atoms with Crippen molar-refractivity contribution in [2.24, 2.45) is 0 Å². The Morgan fingerprint density at radius 2 is 1.48 bits per heavy atom. The highest BCUT2D eigenvalue weighted by molar-refractivity contribution is 5.87. The number of halogens is 1. The van der Waals surface area contributed by atoms with Crippen molar-refractivity contribution in [1.82, 2.24) is 10.2 Å². The molecule has 4 nitrogen and oxygen atoms in total. The zero-order valence-corrected chi connectivity index (χ0v) is 17.7. The Hall–Kier alpha value is -2.69. The number of carbonyl (C=O) groups excluding carboxylic acids is 2. The minimum Gasteiger partial charge on any atom is -0.352 e. The Bertz CT molecular complexity index is 801. The van der Waals surface area contributed by atoms with Gasteiger partial charge in [-0.05, 0) is 62.4 Å². The molecule has 1 N–H and O–H groups in total. The molecule has 0 aliphatic rings. The molecule has 2 amide bonds. The first-order chi connectivity index (χ1) is 13.8. The summed E-state index contributed by atoms with van der Waals surface area (Å²) in [7, 11) is 0. The lowest BCUT2D eigenvalue weighted by molar-refractivity contribution is -0.140. The van der Waals surface area contributed by atoms with Crippen molar-refractivity contribution in [3.05, 3.63) is 71.0 Å². The molecule has 0 aliphatic carbocycles. The van der Waals surface area contributed by atoms with Crippen LogP contribution in [0.3, 0.4) is 0 Å². The highest BCUT2D eigenvalue weighted by Crippen LogP contribution is 2.14. The average molecular weight is 399 g/mol. The van der Waals surface area contributed by atoms with E-state index in [9.17, 15) is 14.0 Å². The second-order valence-corrected chi connectivity index (χ2v) is 7.66. The van der Waals surface area contributed by atoms with Gasteiger partial charge in [0.2, 0.25) is 11.8 Å². The summed E-state index contributed by atoms with van der Waals surface area (Å²) in [6, 6.07) is 13.7. The van der Waals surface area contributed by atoms with E-state index in [-0.39, 0.29) is 30.2 Å². The fourth-order valence-electron chi connectivity index (χ4n) is 3.11. The van der Waals surface area contributed by atoms with Gasteiger partial charge in [-0.2, -0.15) is 0 Å². The third-order valence-corrected chi connectivity index (χ3v) is 4.92. The SMILES string of the molecule is CCc1ccc(CCC(=O)N(Cc2ccc(F)cc2)[C@@H](C)C(=O)NC(C)C)cc1. The summed E-state index contributed by atoms with van der Waals surface area (Å²) in [5.74, 6) is -0.615. The first kappa shape index (κ1) is 22.6. The maximum absolute atomic E-state index is 13.2. The molecule has 2 aromatic carbocycles. The molecule has 0 saturated heterocycles. The van der Waals surface area contributed by atoms with Gasteiger partial charge in [0.15, 0.2) is 0 Å². The quantitative estimate of drug-likeness (QED) is 0.686. The largest absolute Gasteiger partial charge is 0.352 e. The fraction of sp³-hybridized carbons (Fsp3) is 0.417. The van der Waals surface area contributed by atoms with E-state index in [1.165, 1.54) is 17.7 Å². The van der Waals surface area contributed by atoms with E-state index < -0.39 is 6.04 Å². The van der Waals surface area contributed by atoms with Gasteiger partial charge < -0.3 is 10.2 Å². The van der Waals surface area contributed by atoms with E-state index in [2.05, 4.69) is 24.4 Å². The first-order valence-corrected chi connectivity index (χ1v) is 10.2. The topological polar surface area (TPSA) is 49.4 Å². The molecule has 0 unspecified atom stereocenters. The van der Waals surface area contributed by atoms with Gasteiger partial charge in [-0.1, -0.05) is 43.3 Å². The Balaban J connectivity index is 2.11. The number of aryl methyl sites for hydroxylation is 2. The molecule has 0 fully saturated rings. The van der Waals surface area contributed by atoms with Crippen LogP contribution >= 0.6 is 0 Å². The second-order valence-electron chi connectivity index (χ2n) is 7.66. The van der Waals surface area contributed by atoms with Crippen molar-refractivity contribution in [2.75, 3.05) is 0 Å². The third kappa shape index (κ3) is 7.00. The Morgan fingerprint density at radius 1 is 0.931 bits per heavy atom. The van der Waals surface area contributed by atoms with Gasteiger partial charge in [-0.3, -0.25) is 9.59 Å². The Labute approximate surface area is 173 Å². The predicted octanol–water partition coefficient (Wildman–Crippen LogP) is 4.26. The maximum Gasteiger partial charge on any atom is 0.242 e. The lowest BCUT2D eigenvalue weighted by Crippen LogP contribution is -2.49. The summed E-state index contributed by atoms with van der Waals surface area (Å²) < 4.78 is 13.2. The van der Waals surface area contributed by atoms with Gasteiger partial charge in [0, 0.05) is 19.0 Å². The average Bonchev–Trinajstić information content (AvgIpc) is 2.71. The number of benzene rings is 2. The molecule has 1 atom stereocenters. The molecule has 0 aliphatic heterocycles. The van der Waals surface area contributed by atoms with Crippen LogP contribution in [-0.2, 0) is 29.0 Å². The molecule has 0 heterocycles. The van der Waals surface area contributed by atoms with Gasteiger partial charge in [0.25, 0.3) is 0 Å². The summed E-state index contributed by atoms with van der Waals surface area (Å²) in [6.45, 7) is 7.87. The number of carbonyl (C=O) groups is 2. The van der Waals surface area contributed by atoms with Crippen LogP contribution in [0.5, 0.6) is 0 Å². The van der Waals surface area contributed by atoms with Crippen LogP contribution in [0.2, 0.25) is 0 Å². The van der Waals surface area contributed by atoms with Gasteiger partial charge in [-0.25, -0.2) is 4.39 Å². The lowest BCUT2D eigenvalue weighted by atomic mass is 10.0. The molecule has 0 spiro atoms. The zero-order chi connectivity index (χ0) is 21.4. The summed E-state index contributed by atoms with van der Waals surface area (Å²) in [5.41, 5.74) is 3.14. The normalized spacial score (nSPS) is 11.9. The Morgan fingerprint density at radius 3 is 2.03 bits per heavy atom. The van der Waals surface area contributed by atoms with Crippen LogP contribution in [0.4, 0.5) is 4.39 Å². The molecule has 0 radical (unpaired) electrons.